The molecule has 0 spiro atoms. The number of hydrogen-bond donors (Lipinski definition) is 2. The second-order valence-corrected chi connectivity index (χ2v) is 8.58. The van der Waals surface area contributed by atoms with Gasteiger partial charge in [0.25, 0.3) is 0 Å². The molecule has 35 heavy (non-hydrogen) atoms. The number of carbonyl (C=O) groups excluding carboxylic acids is 2. The third-order valence-electron chi connectivity index (χ3n) is 5.72. The lowest BCUT2D eigenvalue weighted by Crippen LogP contribution is -2.43. The maximum atomic E-state index is 14.8. The van der Waals surface area contributed by atoms with E-state index >= 15 is 0 Å². The zero-order valence-corrected chi connectivity index (χ0v) is 19.9. The average Bonchev–Trinajstić information content (AvgIpc) is 2.79. The van der Waals surface area contributed by atoms with Crippen LogP contribution in [0.1, 0.15) is 28.4 Å². The van der Waals surface area contributed by atoms with Crippen LogP contribution in [-0.4, -0.2) is 53.9 Å². The molecule has 10 heteroatoms. The number of fused-ring (bicyclic) bond motifs is 1. The van der Waals surface area contributed by atoms with Crippen molar-refractivity contribution in [3.63, 3.8) is 0 Å². The van der Waals surface area contributed by atoms with Gasteiger partial charge in [-0.25, -0.2) is 23.5 Å². The number of anilines is 3. The Bertz CT molecular complexity index is 1290. The highest BCUT2D eigenvalue weighted by molar-refractivity contribution is 6.02. The van der Waals surface area contributed by atoms with Crippen LogP contribution in [0, 0.1) is 18.6 Å². The Morgan fingerprint density at radius 2 is 1.89 bits per heavy atom. The van der Waals surface area contributed by atoms with E-state index in [4.69, 9.17) is 4.98 Å². The maximum Gasteiger partial charge on any atom is 0.328 e. The maximum absolute atomic E-state index is 14.8. The molecule has 0 saturated carbocycles. The normalized spacial score (nSPS) is 13.0. The molecule has 1 aliphatic heterocycles. The number of para-hydroxylation sites is 1. The zero-order chi connectivity index (χ0) is 25.3. The van der Waals surface area contributed by atoms with Gasteiger partial charge < -0.3 is 15.5 Å². The zero-order valence-electron chi connectivity index (χ0n) is 19.9. The number of nitrogens with zero attached hydrogens (tertiary/aromatic N) is 4. The first-order valence-corrected chi connectivity index (χ1v) is 11.1. The number of rotatable bonds is 7. The minimum absolute atomic E-state index is 0.0534. The molecule has 2 N–H and O–H groups in total. The van der Waals surface area contributed by atoms with E-state index in [9.17, 15) is 18.4 Å². The number of aryl methyl sites for hydroxylation is 1. The summed E-state index contributed by atoms with van der Waals surface area (Å²) in [7, 11) is 3.84. The number of Topliss-reactive ketones (excluding diaryl/α,β-unsaturated/α-hetero) is 1. The highest BCUT2D eigenvalue weighted by atomic mass is 19.1. The van der Waals surface area contributed by atoms with E-state index in [1.54, 1.807) is 12.1 Å². The van der Waals surface area contributed by atoms with E-state index in [0.29, 0.717) is 35.5 Å². The Morgan fingerprint density at radius 3 is 2.54 bits per heavy atom. The number of halogens is 2. The number of aromatic nitrogens is 2. The molecule has 2 amide bonds. The van der Waals surface area contributed by atoms with Gasteiger partial charge in [0, 0.05) is 29.8 Å². The van der Waals surface area contributed by atoms with E-state index in [0.717, 1.165) is 22.6 Å². The van der Waals surface area contributed by atoms with Crippen LogP contribution in [0.5, 0.6) is 0 Å². The monoisotopic (exact) mass is 480 g/mol. The van der Waals surface area contributed by atoms with E-state index < -0.39 is 23.4 Å². The van der Waals surface area contributed by atoms with Crippen LogP contribution in [0.25, 0.3) is 11.3 Å². The smallest absolute Gasteiger partial charge is 0.328 e. The summed E-state index contributed by atoms with van der Waals surface area (Å²) in [6.07, 6.45) is 0. The fraction of sp³-hybridized carbons (Fsp3) is 0.280. The van der Waals surface area contributed by atoms with Crippen LogP contribution in [-0.2, 0) is 6.54 Å². The van der Waals surface area contributed by atoms with Crippen LogP contribution in [0.15, 0.2) is 36.4 Å². The van der Waals surface area contributed by atoms with E-state index in [-0.39, 0.29) is 24.1 Å². The third-order valence-corrected chi connectivity index (χ3v) is 5.72. The molecule has 182 valence electrons. The summed E-state index contributed by atoms with van der Waals surface area (Å²) in [5.74, 6) is -1.63. The first-order valence-electron chi connectivity index (χ1n) is 11.1. The molecule has 1 aromatic heterocycles. The van der Waals surface area contributed by atoms with Gasteiger partial charge in [-0.2, -0.15) is 4.98 Å². The molecular weight excluding hydrogens is 454 g/mol. The first kappa shape index (κ1) is 24.2. The summed E-state index contributed by atoms with van der Waals surface area (Å²) in [5.41, 5.74) is 2.42. The molecule has 2 aromatic carbocycles. The number of urea groups is 1. The lowest BCUT2D eigenvalue weighted by molar-refractivity contribution is 0.101. The lowest BCUT2D eigenvalue weighted by Gasteiger charge is -2.31. The Labute approximate surface area is 202 Å². The number of likely N-dealkylation sites (N-methyl/N-ethyl adjacent to an activating group) is 1. The topological polar surface area (TPSA) is 90.5 Å². The van der Waals surface area contributed by atoms with Gasteiger partial charge in [0.2, 0.25) is 5.95 Å². The SMILES string of the molecule is CC(=O)c1ccc(C)c(-c2nc(NCCN(C)C)nc3c2CNC(=O)N3c2c(F)cccc2F)c1. The van der Waals surface area contributed by atoms with Crippen molar-refractivity contribution >= 4 is 29.3 Å². The number of ketones is 1. The minimum atomic E-state index is -0.898. The lowest BCUT2D eigenvalue weighted by atomic mass is 9.97. The molecular formula is C25H26F2N6O2. The quantitative estimate of drug-likeness (QED) is 0.491. The molecule has 0 atom stereocenters. The highest BCUT2D eigenvalue weighted by Gasteiger charge is 2.34. The number of nitrogens with one attached hydrogen (secondary N) is 2. The Hall–Kier alpha value is -3.92. The molecule has 0 fully saturated rings. The predicted octanol–water partition coefficient (Wildman–Crippen LogP) is 4.27. The average molecular weight is 481 g/mol. The van der Waals surface area contributed by atoms with Gasteiger partial charge >= 0.3 is 6.03 Å². The van der Waals surface area contributed by atoms with Gasteiger partial charge in [0.05, 0.1) is 12.2 Å². The summed E-state index contributed by atoms with van der Waals surface area (Å²) in [4.78, 5) is 37.0. The highest BCUT2D eigenvalue weighted by Crippen LogP contribution is 2.39. The summed E-state index contributed by atoms with van der Waals surface area (Å²) < 4.78 is 29.5. The van der Waals surface area contributed by atoms with Crippen LogP contribution >= 0.6 is 0 Å². The van der Waals surface area contributed by atoms with E-state index in [1.807, 2.05) is 32.0 Å². The first-order chi connectivity index (χ1) is 16.7. The summed E-state index contributed by atoms with van der Waals surface area (Å²) >= 11 is 0. The third kappa shape index (κ3) is 4.83. The fourth-order valence-electron chi connectivity index (χ4n) is 3.86. The molecule has 4 rings (SSSR count). The van der Waals surface area contributed by atoms with Gasteiger partial charge in [-0.15, -0.1) is 0 Å². The van der Waals surface area contributed by atoms with Crippen molar-refractivity contribution in [2.75, 3.05) is 37.4 Å². The van der Waals surface area contributed by atoms with E-state index in [1.165, 1.54) is 13.0 Å². The van der Waals surface area contributed by atoms with Crippen LogP contribution in [0.4, 0.5) is 31.0 Å². The van der Waals surface area contributed by atoms with Crippen molar-refractivity contribution in [2.45, 2.75) is 20.4 Å². The molecule has 0 aliphatic carbocycles. The molecule has 1 aliphatic rings. The molecule has 0 saturated heterocycles. The van der Waals surface area contributed by atoms with Crippen molar-refractivity contribution in [3.8, 4) is 11.3 Å². The number of carbonyl (C=O) groups is 2. The van der Waals surface area contributed by atoms with Gasteiger partial charge in [0.1, 0.15) is 17.3 Å². The van der Waals surface area contributed by atoms with Crippen molar-refractivity contribution in [1.82, 2.24) is 20.2 Å². The molecule has 0 bridgehead atoms. The van der Waals surface area contributed by atoms with E-state index in [2.05, 4.69) is 15.6 Å². The van der Waals surface area contributed by atoms with Crippen molar-refractivity contribution in [3.05, 3.63) is 64.7 Å². The summed E-state index contributed by atoms with van der Waals surface area (Å²) in [6.45, 7) is 4.58. The van der Waals surface area contributed by atoms with Crippen LogP contribution in [0.2, 0.25) is 0 Å². The molecule has 0 unspecified atom stereocenters. The van der Waals surface area contributed by atoms with Crippen molar-refractivity contribution in [2.24, 2.45) is 0 Å². The minimum Gasteiger partial charge on any atom is -0.353 e. The van der Waals surface area contributed by atoms with Crippen molar-refractivity contribution < 1.29 is 18.4 Å². The standard InChI is InChI=1S/C25H26F2N6O2/c1-14-8-9-16(15(2)34)12-17(14)21-18-13-29-25(35)33(22-19(26)6-5-7-20(22)27)23(18)31-24(30-21)28-10-11-32(3)4/h5-9,12H,10-11,13H2,1-4H3,(H,29,35)(H,28,30,31). The number of benzene rings is 2. The summed E-state index contributed by atoms with van der Waals surface area (Å²) in [6, 6.07) is 7.96. The second-order valence-electron chi connectivity index (χ2n) is 8.58. The number of hydrogen-bond acceptors (Lipinski definition) is 6. The van der Waals surface area contributed by atoms with Gasteiger partial charge in [0.15, 0.2) is 11.6 Å². The van der Waals surface area contributed by atoms with Crippen LogP contribution < -0.4 is 15.5 Å². The fourth-order valence-corrected chi connectivity index (χ4v) is 3.86. The molecule has 8 nitrogen and oxygen atoms in total. The van der Waals surface area contributed by atoms with Crippen LogP contribution in [0.3, 0.4) is 0 Å². The molecule has 2 heterocycles. The van der Waals surface area contributed by atoms with Gasteiger partial charge in [-0.3, -0.25) is 4.79 Å². The Morgan fingerprint density at radius 1 is 1.17 bits per heavy atom. The Kier molecular flexibility index (Phi) is 6.74. The second kappa shape index (κ2) is 9.75. The molecule has 3 aromatic rings. The van der Waals surface area contributed by atoms with Gasteiger partial charge in [-0.05, 0) is 51.7 Å². The van der Waals surface area contributed by atoms with Gasteiger partial charge in [-0.1, -0.05) is 18.2 Å². The number of amides is 2. The largest absolute Gasteiger partial charge is 0.353 e. The Balaban J connectivity index is 1.95. The summed E-state index contributed by atoms with van der Waals surface area (Å²) in [5, 5.41) is 5.80. The predicted molar refractivity (Wildman–Crippen MR) is 130 cm³/mol. The molecule has 0 radical (unpaired) electrons. The van der Waals surface area contributed by atoms with Crippen molar-refractivity contribution in [1.29, 1.82) is 0 Å².